The van der Waals surface area contributed by atoms with Gasteiger partial charge in [0.05, 0.1) is 0 Å². The molecule has 0 aromatic carbocycles. The first-order valence-corrected chi connectivity index (χ1v) is 8.18. The molecule has 2 aliphatic rings. The Bertz CT molecular complexity index is 253. The van der Waals surface area contributed by atoms with Crippen LogP contribution in [0.25, 0.3) is 0 Å². The second-order valence-electron chi connectivity index (χ2n) is 6.67. The van der Waals surface area contributed by atoms with Crippen molar-refractivity contribution in [3.63, 3.8) is 0 Å². The van der Waals surface area contributed by atoms with Crippen LogP contribution < -0.4 is 5.73 Å². The summed E-state index contributed by atoms with van der Waals surface area (Å²) in [4.78, 5) is 2.79. The predicted molar refractivity (Wildman–Crippen MR) is 78.7 cm³/mol. The van der Waals surface area contributed by atoms with E-state index in [-0.39, 0.29) is 0 Å². The summed E-state index contributed by atoms with van der Waals surface area (Å²) in [6.07, 6.45) is 12.4. The maximum absolute atomic E-state index is 6.25. The van der Waals surface area contributed by atoms with Crippen LogP contribution in [-0.2, 0) is 0 Å². The predicted octanol–water partition coefficient (Wildman–Crippen LogP) is 3.55. The van der Waals surface area contributed by atoms with E-state index >= 15 is 0 Å². The van der Waals surface area contributed by atoms with Crippen molar-refractivity contribution < 1.29 is 0 Å². The third kappa shape index (κ3) is 2.91. The highest BCUT2D eigenvalue weighted by atomic mass is 15.2. The molecule has 3 atom stereocenters. The van der Waals surface area contributed by atoms with Crippen LogP contribution in [0.15, 0.2) is 0 Å². The number of likely N-dealkylation sites (tertiary alicyclic amines) is 1. The van der Waals surface area contributed by atoms with Crippen LogP contribution in [0.2, 0.25) is 0 Å². The van der Waals surface area contributed by atoms with E-state index in [0.717, 1.165) is 18.5 Å². The van der Waals surface area contributed by atoms with Gasteiger partial charge in [-0.1, -0.05) is 32.6 Å². The van der Waals surface area contributed by atoms with Crippen LogP contribution in [0.3, 0.4) is 0 Å². The topological polar surface area (TPSA) is 29.3 Å². The van der Waals surface area contributed by atoms with Gasteiger partial charge in [-0.05, 0) is 51.5 Å². The fourth-order valence-corrected chi connectivity index (χ4v) is 4.28. The lowest BCUT2D eigenvalue weighted by Gasteiger charge is -2.49. The molecule has 1 saturated carbocycles. The smallest absolute Gasteiger partial charge is 0.0334 e. The summed E-state index contributed by atoms with van der Waals surface area (Å²) < 4.78 is 0. The molecule has 0 bridgehead atoms. The fraction of sp³-hybridized carbons (Fsp3) is 1.00. The zero-order valence-corrected chi connectivity index (χ0v) is 12.5. The van der Waals surface area contributed by atoms with Gasteiger partial charge in [0.1, 0.15) is 0 Å². The molecule has 18 heavy (non-hydrogen) atoms. The van der Waals surface area contributed by atoms with Crippen molar-refractivity contribution >= 4 is 0 Å². The van der Waals surface area contributed by atoms with Crippen molar-refractivity contribution in [2.45, 2.75) is 83.2 Å². The van der Waals surface area contributed by atoms with E-state index in [2.05, 4.69) is 18.7 Å². The summed E-state index contributed by atoms with van der Waals surface area (Å²) in [6.45, 7) is 6.92. The Morgan fingerprint density at radius 2 is 1.94 bits per heavy atom. The molecule has 0 amide bonds. The average Bonchev–Trinajstić information content (AvgIpc) is 2.62. The maximum atomic E-state index is 6.25. The molecule has 2 nitrogen and oxygen atoms in total. The molecule has 0 aromatic rings. The molecule has 1 aliphatic carbocycles. The van der Waals surface area contributed by atoms with Gasteiger partial charge in [0.15, 0.2) is 0 Å². The Hall–Kier alpha value is -0.0800. The van der Waals surface area contributed by atoms with E-state index in [9.17, 15) is 0 Å². The quantitative estimate of drug-likeness (QED) is 0.778. The monoisotopic (exact) mass is 252 g/mol. The molecule has 0 aromatic heterocycles. The summed E-state index contributed by atoms with van der Waals surface area (Å²) in [7, 11) is 0. The largest absolute Gasteiger partial charge is 0.329 e. The molecule has 1 saturated heterocycles. The number of rotatable bonds is 3. The highest BCUT2D eigenvalue weighted by Crippen LogP contribution is 2.38. The molecule has 2 rings (SSSR count). The molecule has 3 unspecified atom stereocenters. The van der Waals surface area contributed by atoms with E-state index in [4.69, 9.17) is 5.73 Å². The van der Waals surface area contributed by atoms with Gasteiger partial charge in [-0.25, -0.2) is 0 Å². The van der Waals surface area contributed by atoms with Gasteiger partial charge in [0.2, 0.25) is 0 Å². The standard InChI is InChI=1S/C16H32N2/c1-3-15-8-6-10-16(13-17,11-9-15)18-12-5-4-7-14(18)2/h14-15H,3-13,17H2,1-2H3. The highest BCUT2D eigenvalue weighted by molar-refractivity contribution is 4.97. The van der Waals surface area contributed by atoms with E-state index in [1.165, 1.54) is 64.3 Å². The Morgan fingerprint density at radius 3 is 2.61 bits per heavy atom. The molecule has 0 radical (unpaired) electrons. The number of nitrogens with two attached hydrogens (primary N) is 1. The first-order valence-electron chi connectivity index (χ1n) is 8.18. The van der Waals surface area contributed by atoms with Crippen molar-refractivity contribution in [2.24, 2.45) is 11.7 Å². The second-order valence-corrected chi connectivity index (χ2v) is 6.67. The Morgan fingerprint density at radius 1 is 1.11 bits per heavy atom. The molecule has 0 spiro atoms. The third-order valence-electron chi connectivity index (χ3n) is 5.64. The molecular formula is C16H32N2. The van der Waals surface area contributed by atoms with Gasteiger partial charge in [0.25, 0.3) is 0 Å². The number of nitrogens with zero attached hydrogens (tertiary/aromatic N) is 1. The molecule has 2 fully saturated rings. The van der Waals surface area contributed by atoms with Gasteiger partial charge in [-0.3, -0.25) is 4.90 Å². The number of hydrogen-bond acceptors (Lipinski definition) is 2. The summed E-state index contributed by atoms with van der Waals surface area (Å²) in [6, 6.07) is 0.750. The Labute approximate surface area is 113 Å². The number of piperidine rings is 1. The van der Waals surface area contributed by atoms with Gasteiger partial charge in [0, 0.05) is 18.1 Å². The van der Waals surface area contributed by atoms with Crippen molar-refractivity contribution in [1.82, 2.24) is 4.90 Å². The van der Waals surface area contributed by atoms with Crippen molar-refractivity contribution in [3.05, 3.63) is 0 Å². The average molecular weight is 252 g/mol. The minimum absolute atomic E-state index is 0.337. The lowest BCUT2D eigenvalue weighted by atomic mass is 9.84. The van der Waals surface area contributed by atoms with Crippen molar-refractivity contribution in [1.29, 1.82) is 0 Å². The highest BCUT2D eigenvalue weighted by Gasteiger charge is 2.40. The number of hydrogen-bond donors (Lipinski definition) is 1. The van der Waals surface area contributed by atoms with Gasteiger partial charge in [-0.2, -0.15) is 0 Å². The minimum Gasteiger partial charge on any atom is -0.329 e. The van der Waals surface area contributed by atoms with E-state index in [1.807, 2.05) is 0 Å². The first kappa shape index (κ1) is 14.3. The lowest BCUT2D eigenvalue weighted by Crippen LogP contribution is -2.58. The third-order valence-corrected chi connectivity index (χ3v) is 5.64. The normalized spacial score (nSPS) is 39.5. The Kier molecular flexibility index (Phi) is 5.08. The van der Waals surface area contributed by atoms with Gasteiger partial charge in [-0.15, -0.1) is 0 Å². The van der Waals surface area contributed by atoms with Gasteiger partial charge < -0.3 is 5.73 Å². The summed E-state index contributed by atoms with van der Waals surface area (Å²) >= 11 is 0. The molecule has 1 aliphatic heterocycles. The fourth-order valence-electron chi connectivity index (χ4n) is 4.28. The van der Waals surface area contributed by atoms with Crippen molar-refractivity contribution in [3.8, 4) is 0 Å². The molecule has 106 valence electrons. The molecular weight excluding hydrogens is 220 g/mol. The molecule has 2 heteroatoms. The SMILES string of the molecule is CCC1CCCC(CN)(N2CCCCC2C)CC1. The second kappa shape index (κ2) is 6.38. The first-order chi connectivity index (χ1) is 8.72. The molecule has 1 heterocycles. The summed E-state index contributed by atoms with van der Waals surface area (Å²) in [5.41, 5.74) is 6.58. The lowest BCUT2D eigenvalue weighted by molar-refractivity contribution is 0.0178. The summed E-state index contributed by atoms with van der Waals surface area (Å²) in [5, 5.41) is 0. The van der Waals surface area contributed by atoms with Crippen molar-refractivity contribution in [2.75, 3.05) is 13.1 Å². The summed E-state index contributed by atoms with van der Waals surface area (Å²) in [5.74, 6) is 0.957. The van der Waals surface area contributed by atoms with Crippen LogP contribution in [0.5, 0.6) is 0 Å². The van der Waals surface area contributed by atoms with Crippen LogP contribution in [0.4, 0.5) is 0 Å². The van der Waals surface area contributed by atoms with E-state index in [1.54, 1.807) is 0 Å². The zero-order chi connectivity index (χ0) is 13.0. The van der Waals surface area contributed by atoms with Crippen LogP contribution in [0.1, 0.15) is 71.6 Å². The van der Waals surface area contributed by atoms with E-state index < -0.39 is 0 Å². The van der Waals surface area contributed by atoms with Crippen LogP contribution in [0, 0.1) is 5.92 Å². The zero-order valence-electron chi connectivity index (χ0n) is 12.5. The van der Waals surface area contributed by atoms with E-state index in [0.29, 0.717) is 5.54 Å². The molecule has 2 N–H and O–H groups in total. The van der Waals surface area contributed by atoms with Crippen LogP contribution >= 0.6 is 0 Å². The Balaban J connectivity index is 2.08. The van der Waals surface area contributed by atoms with Crippen LogP contribution in [-0.4, -0.2) is 29.6 Å². The maximum Gasteiger partial charge on any atom is 0.0334 e. The van der Waals surface area contributed by atoms with Gasteiger partial charge >= 0.3 is 0 Å². The minimum atomic E-state index is 0.337.